The van der Waals surface area contributed by atoms with Gasteiger partial charge in [0, 0.05) is 9.52 Å². The maximum atomic E-state index is 3.36. The van der Waals surface area contributed by atoms with E-state index in [9.17, 15) is 0 Å². The van der Waals surface area contributed by atoms with Crippen molar-refractivity contribution in [2.75, 3.05) is 0 Å². The molecule has 0 saturated carbocycles. The maximum absolute atomic E-state index is 3.36. The molecule has 4 heteroatoms. The Hall–Kier alpha value is 0.640. The van der Waals surface area contributed by atoms with Crippen LogP contribution in [0.3, 0.4) is 0 Å². The summed E-state index contributed by atoms with van der Waals surface area (Å²) in [5.41, 5.74) is 4.25. The van der Waals surface area contributed by atoms with Gasteiger partial charge in [-0.25, -0.2) is 17.7 Å². The Bertz CT molecular complexity index is 366. The topological polar surface area (TPSA) is 0 Å². The Labute approximate surface area is 165 Å². The monoisotopic (exact) mass is 417 g/mol. The van der Waals surface area contributed by atoms with Gasteiger partial charge in [0.2, 0.25) is 0 Å². The van der Waals surface area contributed by atoms with Gasteiger partial charge in [0.15, 0.2) is 0 Å². The number of hydrogen-bond acceptors (Lipinski definition) is 0. The molecule has 1 fully saturated rings. The van der Waals surface area contributed by atoms with E-state index in [0.29, 0.717) is 5.92 Å². The van der Waals surface area contributed by atoms with E-state index >= 15 is 0 Å². The fourth-order valence-corrected chi connectivity index (χ4v) is 2.11. The Balaban J connectivity index is -0.000000234. The van der Waals surface area contributed by atoms with Crippen LogP contribution in [0, 0.1) is 18.1 Å². The summed E-state index contributed by atoms with van der Waals surface area (Å²) in [6.07, 6.45) is 14.9. The fraction of sp³-hybridized carbons (Fsp3) is 0.529. The Kier molecular flexibility index (Phi) is 19.6. The van der Waals surface area contributed by atoms with Crippen molar-refractivity contribution < 1.29 is 51.0 Å². The van der Waals surface area contributed by atoms with Gasteiger partial charge in [0.1, 0.15) is 0 Å². The second-order valence-corrected chi connectivity index (χ2v) is 6.75. The van der Waals surface area contributed by atoms with Crippen LogP contribution in [0.5, 0.6) is 0 Å². The number of hydrogen-bond donors (Lipinski definition) is 0. The molecule has 0 aromatic rings. The molecular formula is C17H25Cl2SiZr. The van der Waals surface area contributed by atoms with Crippen molar-refractivity contribution in [3.8, 4) is 0 Å². The van der Waals surface area contributed by atoms with Crippen molar-refractivity contribution in [2.45, 2.75) is 52.6 Å². The minimum atomic E-state index is 0. The zero-order valence-corrected chi connectivity index (χ0v) is 18.6. The third kappa shape index (κ3) is 10.9. The van der Waals surface area contributed by atoms with E-state index in [2.05, 4.69) is 45.9 Å². The zero-order valence-electron chi connectivity index (χ0n) is 13.5. The van der Waals surface area contributed by atoms with Crippen LogP contribution in [0.4, 0.5) is 0 Å². The number of rotatable bonds is 0. The van der Waals surface area contributed by atoms with Crippen molar-refractivity contribution in [1.29, 1.82) is 0 Å². The summed E-state index contributed by atoms with van der Waals surface area (Å²) >= 11 is 0. The molecule has 2 aliphatic carbocycles. The molecule has 0 aromatic carbocycles. The number of allylic oxidation sites excluding steroid dienone is 8. The SMILES string of the molecule is C1C[SiH]C1.CC1=[C-]C(C)C(C)=C1C.[C-]1=CC=CC1.[Cl-].[Cl-].[Zr+4]. The molecule has 3 rings (SSSR count). The molecule has 1 heterocycles. The molecule has 0 amide bonds. The molecule has 21 heavy (non-hydrogen) atoms. The van der Waals surface area contributed by atoms with Gasteiger partial charge < -0.3 is 24.8 Å². The van der Waals surface area contributed by atoms with Crippen molar-refractivity contribution in [3.63, 3.8) is 0 Å². The average Bonchev–Trinajstić information content (AvgIpc) is 2.88. The van der Waals surface area contributed by atoms with Gasteiger partial charge in [-0.3, -0.25) is 12.2 Å². The summed E-state index contributed by atoms with van der Waals surface area (Å²) in [6.45, 7) is 8.67. The molecule has 0 nitrogen and oxygen atoms in total. The van der Waals surface area contributed by atoms with E-state index < -0.39 is 0 Å². The molecule has 0 spiro atoms. The minimum absolute atomic E-state index is 0. The Morgan fingerprint density at radius 1 is 1.14 bits per heavy atom. The summed E-state index contributed by atoms with van der Waals surface area (Å²) in [5.74, 6) is 0.560. The standard InChI is InChI=1S/C9H13.C5H5.C3H7Si.2ClH.Zr/c1-6-5-7(2)9(4)8(6)3;1-2-4-5-3-1;1-2-4-3-1;;;/h6H,1-4H3;1-3H,4H2;4H,1-3H2;2*1H;/q2*-1;;;;+4/p-2. The molecule has 1 aliphatic heterocycles. The predicted octanol–water partition coefficient (Wildman–Crippen LogP) is -1.30. The first-order valence-corrected chi connectivity index (χ1v) is 8.57. The molecule has 1 atom stereocenters. The zero-order chi connectivity index (χ0) is 13.4. The smallest absolute Gasteiger partial charge is 1.00 e. The Morgan fingerprint density at radius 3 is 1.76 bits per heavy atom. The van der Waals surface area contributed by atoms with E-state index in [-0.39, 0.29) is 51.0 Å². The minimum Gasteiger partial charge on any atom is -1.00 e. The van der Waals surface area contributed by atoms with Gasteiger partial charge in [-0.1, -0.05) is 45.2 Å². The first-order chi connectivity index (χ1) is 8.63. The first-order valence-electron chi connectivity index (χ1n) is 6.94. The van der Waals surface area contributed by atoms with Crippen LogP contribution < -0.4 is 24.8 Å². The van der Waals surface area contributed by atoms with Gasteiger partial charge in [-0.15, -0.1) is 13.3 Å². The van der Waals surface area contributed by atoms with Crippen LogP contribution in [-0.4, -0.2) is 9.52 Å². The summed E-state index contributed by atoms with van der Waals surface area (Å²) in [5, 5.41) is 0. The first kappa shape index (κ1) is 26.5. The molecule has 1 radical (unpaired) electrons. The molecule has 1 unspecified atom stereocenters. The van der Waals surface area contributed by atoms with E-state index in [4.69, 9.17) is 0 Å². The van der Waals surface area contributed by atoms with Crippen molar-refractivity contribution in [3.05, 3.63) is 47.1 Å². The summed E-state index contributed by atoms with van der Waals surface area (Å²) < 4.78 is 0. The molecule has 0 N–H and O–H groups in total. The fourth-order valence-electron chi connectivity index (χ4n) is 1.71. The summed E-state index contributed by atoms with van der Waals surface area (Å²) in [7, 11) is 0.963. The van der Waals surface area contributed by atoms with Crippen molar-refractivity contribution in [2.24, 2.45) is 5.92 Å². The Morgan fingerprint density at radius 2 is 1.67 bits per heavy atom. The number of halogens is 2. The molecular weight excluding hydrogens is 394 g/mol. The van der Waals surface area contributed by atoms with Gasteiger partial charge in [-0.05, 0) is 0 Å². The van der Waals surface area contributed by atoms with Gasteiger partial charge in [-0.2, -0.15) is 17.2 Å². The molecule has 0 bridgehead atoms. The molecule has 3 aliphatic rings. The van der Waals surface area contributed by atoms with E-state index in [0.717, 1.165) is 15.9 Å². The third-order valence-corrected chi connectivity index (χ3v) is 5.27. The molecule has 115 valence electrons. The van der Waals surface area contributed by atoms with Crippen LogP contribution in [-0.2, 0) is 26.2 Å². The van der Waals surface area contributed by atoms with E-state index in [1.165, 1.54) is 23.1 Å². The van der Waals surface area contributed by atoms with Crippen LogP contribution in [0.25, 0.3) is 0 Å². The molecule has 0 aromatic heterocycles. The van der Waals surface area contributed by atoms with Crippen LogP contribution in [0.15, 0.2) is 34.9 Å². The second kappa shape index (κ2) is 15.5. The largest absolute Gasteiger partial charge is 4.00 e. The second-order valence-electron chi connectivity index (χ2n) is 5.02. The maximum Gasteiger partial charge on any atom is 4.00 e. The normalized spacial score (nSPS) is 20.4. The quantitative estimate of drug-likeness (QED) is 0.338. The van der Waals surface area contributed by atoms with Crippen molar-refractivity contribution in [1.82, 2.24) is 0 Å². The van der Waals surface area contributed by atoms with E-state index in [1.54, 1.807) is 12.1 Å². The third-order valence-electron chi connectivity index (χ3n) is 3.64. The van der Waals surface area contributed by atoms with Gasteiger partial charge in [0.25, 0.3) is 0 Å². The molecule has 1 saturated heterocycles. The van der Waals surface area contributed by atoms with E-state index in [1.807, 2.05) is 12.2 Å². The predicted molar refractivity (Wildman–Crippen MR) is 82.9 cm³/mol. The van der Waals surface area contributed by atoms with Crippen molar-refractivity contribution >= 4 is 9.52 Å². The summed E-state index contributed by atoms with van der Waals surface area (Å²) in [4.78, 5) is 0. The van der Waals surface area contributed by atoms with Crippen LogP contribution >= 0.6 is 0 Å². The van der Waals surface area contributed by atoms with Crippen LogP contribution in [0.1, 0.15) is 40.5 Å². The average molecular weight is 420 g/mol. The van der Waals surface area contributed by atoms with Gasteiger partial charge >= 0.3 is 26.2 Å². The summed E-state index contributed by atoms with van der Waals surface area (Å²) in [6, 6.07) is 3.17. The van der Waals surface area contributed by atoms with Gasteiger partial charge in [0.05, 0.1) is 0 Å². The van der Waals surface area contributed by atoms with Crippen LogP contribution in [0.2, 0.25) is 12.1 Å².